The van der Waals surface area contributed by atoms with Crippen LogP contribution in [0.15, 0.2) is 48.7 Å². The Kier molecular flexibility index (Phi) is 9.20. The number of hydrogen-bond donors (Lipinski definition) is 1. The maximum Gasteiger partial charge on any atom is 0.318 e. The van der Waals surface area contributed by atoms with Gasteiger partial charge in [0.25, 0.3) is 0 Å². The first-order valence-electron chi connectivity index (χ1n) is 16.1. The lowest BCUT2D eigenvalue weighted by atomic mass is 9.99. The molecule has 2 saturated heterocycles. The molecule has 0 saturated carbocycles. The van der Waals surface area contributed by atoms with E-state index in [1.54, 1.807) is 0 Å². The van der Waals surface area contributed by atoms with E-state index in [0.717, 1.165) is 62.7 Å². The van der Waals surface area contributed by atoms with Crippen LogP contribution in [0.4, 0.5) is 11.5 Å². The van der Waals surface area contributed by atoms with Crippen LogP contribution in [0.25, 0.3) is 10.8 Å². The van der Waals surface area contributed by atoms with Crippen LogP contribution >= 0.6 is 0 Å². The molecular weight excluding hydrogens is 550 g/mol. The van der Waals surface area contributed by atoms with Crippen LogP contribution in [-0.2, 0) is 13.0 Å². The normalized spacial score (nSPS) is 20.5. The molecule has 1 aromatic heterocycles. The molecule has 0 aliphatic carbocycles. The number of ether oxygens (including phenoxy) is 1. The molecule has 232 valence electrons. The van der Waals surface area contributed by atoms with Gasteiger partial charge < -0.3 is 29.4 Å². The molecule has 44 heavy (non-hydrogen) atoms. The van der Waals surface area contributed by atoms with Crippen molar-refractivity contribution < 1.29 is 9.84 Å². The maximum atomic E-state index is 9.69. The summed E-state index contributed by atoms with van der Waals surface area (Å²) in [6.45, 7) is 12.1. The van der Waals surface area contributed by atoms with Crippen molar-refractivity contribution in [3.63, 3.8) is 0 Å². The van der Waals surface area contributed by atoms with Crippen LogP contribution in [0.5, 0.6) is 6.01 Å². The third-order valence-electron chi connectivity index (χ3n) is 9.67. The molecular formula is C35H45N7O2. The Bertz CT molecular complexity index is 1530. The van der Waals surface area contributed by atoms with Gasteiger partial charge in [-0.15, -0.1) is 0 Å². The molecule has 6 rings (SSSR count). The van der Waals surface area contributed by atoms with Crippen LogP contribution in [0.3, 0.4) is 0 Å². The number of hydrogen-bond acceptors (Lipinski definition) is 9. The van der Waals surface area contributed by atoms with Crippen LogP contribution < -0.4 is 14.5 Å². The number of likely N-dealkylation sites (N-methyl/N-ethyl adjacent to an activating group) is 1. The van der Waals surface area contributed by atoms with Crippen molar-refractivity contribution in [2.45, 2.75) is 64.1 Å². The maximum absolute atomic E-state index is 9.69. The summed E-state index contributed by atoms with van der Waals surface area (Å²) in [7, 11) is 2.16. The van der Waals surface area contributed by atoms with Gasteiger partial charge in [0.2, 0.25) is 0 Å². The van der Waals surface area contributed by atoms with E-state index in [1.807, 2.05) is 0 Å². The predicted molar refractivity (Wildman–Crippen MR) is 175 cm³/mol. The average molecular weight is 596 g/mol. The molecule has 2 atom stereocenters. The van der Waals surface area contributed by atoms with Gasteiger partial charge in [-0.25, -0.2) is 0 Å². The molecule has 9 nitrogen and oxygen atoms in total. The van der Waals surface area contributed by atoms with E-state index in [-0.39, 0.29) is 12.6 Å². The number of aromatic nitrogens is 2. The molecule has 2 fully saturated rings. The molecule has 4 heterocycles. The van der Waals surface area contributed by atoms with Crippen LogP contribution in [-0.4, -0.2) is 89.9 Å². The Hall–Kier alpha value is -3.87. The Balaban J connectivity index is 1.31. The summed E-state index contributed by atoms with van der Waals surface area (Å²) in [6.07, 6.45) is 4.98. The van der Waals surface area contributed by atoms with E-state index < -0.39 is 0 Å². The number of aliphatic hydroxyl groups is 1. The number of aryl methyl sites for hydroxylation is 1. The second-order valence-corrected chi connectivity index (χ2v) is 12.5. The lowest BCUT2D eigenvalue weighted by Crippen LogP contribution is -2.53. The van der Waals surface area contributed by atoms with Crippen molar-refractivity contribution in [2.24, 2.45) is 0 Å². The van der Waals surface area contributed by atoms with E-state index in [2.05, 4.69) is 82.6 Å². The van der Waals surface area contributed by atoms with Gasteiger partial charge in [-0.1, -0.05) is 36.9 Å². The highest BCUT2D eigenvalue weighted by molar-refractivity contribution is 5.97. The fourth-order valence-electron chi connectivity index (χ4n) is 7.22. The quantitative estimate of drug-likeness (QED) is 0.359. The molecule has 0 radical (unpaired) electrons. The fraction of sp³-hybridized carbons (Fsp3) is 0.514. The summed E-state index contributed by atoms with van der Waals surface area (Å²) in [5, 5.41) is 21.6. The third kappa shape index (κ3) is 6.19. The summed E-state index contributed by atoms with van der Waals surface area (Å²) in [4.78, 5) is 19.5. The largest absolute Gasteiger partial charge is 0.462 e. The molecule has 3 aliphatic rings. The van der Waals surface area contributed by atoms with Gasteiger partial charge in [0, 0.05) is 61.2 Å². The highest BCUT2D eigenvalue weighted by atomic mass is 16.5. The number of benzene rings is 2. The molecule has 3 aromatic rings. The van der Waals surface area contributed by atoms with Crippen LogP contribution in [0.1, 0.15) is 48.9 Å². The SMILES string of the molecule is C=C(CCCO)N1CCN(c2nc(OC[C@H]3CCCN3C)nc3c2CCN(c2cccc4cccc(C)c24)C3)C[C@@H]1CC#N. The minimum absolute atomic E-state index is 0.0146. The van der Waals surface area contributed by atoms with Gasteiger partial charge in [0.05, 0.1) is 30.8 Å². The summed E-state index contributed by atoms with van der Waals surface area (Å²) in [6, 6.07) is 16.3. The number of rotatable bonds is 10. The number of anilines is 2. The zero-order chi connectivity index (χ0) is 30.6. The summed E-state index contributed by atoms with van der Waals surface area (Å²) in [5.74, 6) is 0.946. The van der Waals surface area contributed by atoms with Crippen molar-refractivity contribution >= 4 is 22.3 Å². The molecule has 0 bridgehead atoms. The van der Waals surface area contributed by atoms with Gasteiger partial charge in [0.1, 0.15) is 12.4 Å². The van der Waals surface area contributed by atoms with Gasteiger partial charge in [-0.05, 0) is 69.6 Å². The number of nitrogens with zero attached hydrogens (tertiary/aromatic N) is 7. The Morgan fingerprint density at radius 1 is 1.09 bits per heavy atom. The molecule has 1 N–H and O–H groups in total. The number of nitriles is 1. The van der Waals surface area contributed by atoms with Gasteiger partial charge in [-0.2, -0.15) is 15.2 Å². The Morgan fingerprint density at radius 2 is 1.93 bits per heavy atom. The van der Waals surface area contributed by atoms with Gasteiger partial charge >= 0.3 is 6.01 Å². The minimum atomic E-state index is 0.0146. The smallest absolute Gasteiger partial charge is 0.318 e. The standard InChI is InChI=1S/C35H45N7O2/c1-25-8-4-10-27-11-5-13-32(33(25)27)40-18-15-30-31(23-40)37-35(44-24-29-12-6-17-39(29)3)38-34(30)41-19-20-42(26(2)9-7-21-43)28(22-41)14-16-36/h4-5,8,10-11,13,28-29,43H,2,6-7,9,12,14-15,17-24H2,1,3H3/t28-,29+/m0/s1. The fourth-order valence-corrected chi connectivity index (χ4v) is 7.22. The van der Waals surface area contributed by atoms with E-state index >= 15 is 0 Å². The van der Waals surface area contributed by atoms with E-state index in [1.165, 1.54) is 34.0 Å². The van der Waals surface area contributed by atoms with Crippen molar-refractivity contribution in [1.29, 1.82) is 5.26 Å². The number of fused-ring (bicyclic) bond motifs is 2. The first-order valence-corrected chi connectivity index (χ1v) is 16.1. The average Bonchev–Trinajstić information content (AvgIpc) is 3.46. The molecule has 0 spiro atoms. The first kappa shape index (κ1) is 30.2. The first-order chi connectivity index (χ1) is 21.5. The zero-order valence-corrected chi connectivity index (χ0v) is 26.2. The van der Waals surface area contributed by atoms with Crippen molar-refractivity contribution in [2.75, 3.05) is 62.8 Å². The summed E-state index contributed by atoms with van der Waals surface area (Å²) < 4.78 is 6.36. The minimum Gasteiger partial charge on any atom is -0.462 e. The Morgan fingerprint density at radius 3 is 2.70 bits per heavy atom. The number of allylic oxidation sites excluding steroid dienone is 1. The molecule has 9 heteroatoms. The molecule has 2 aromatic carbocycles. The van der Waals surface area contributed by atoms with Crippen molar-refractivity contribution in [3.05, 3.63) is 65.5 Å². The second kappa shape index (κ2) is 13.4. The highest BCUT2D eigenvalue weighted by Crippen LogP contribution is 2.36. The van der Waals surface area contributed by atoms with Gasteiger partial charge in [0.15, 0.2) is 0 Å². The lowest BCUT2D eigenvalue weighted by Gasteiger charge is -2.44. The van der Waals surface area contributed by atoms with Crippen molar-refractivity contribution in [3.8, 4) is 12.1 Å². The van der Waals surface area contributed by atoms with Gasteiger partial charge in [-0.3, -0.25) is 0 Å². The topological polar surface area (TPSA) is 92.0 Å². The second-order valence-electron chi connectivity index (χ2n) is 12.5. The number of likely N-dealkylation sites (tertiary alicyclic amines) is 1. The zero-order valence-electron chi connectivity index (χ0n) is 26.2. The van der Waals surface area contributed by atoms with E-state index in [0.29, 0.717) is 44.6 Å². The molecule has 0 unspecified atom stereocenters. The highest BCUT2D eigenvalue weighted by Gasteiger charge is 2.33. The molecule has 3 aliphatic heterocycles. The van der Waals surface area contributed by atoms with Crippen molar-refractivity contribution in [1.82, 2.24) is 19.8 Å². The predicted octanol–water partition coefficient (Wildman–Crippen LogP) is 4.66. The monoisotopic (exact) mass is 595 g/mol. The Labute approximate surface area is 261 Å². The van der Waals surface area contributed by atoms with Crippen LogP contribution in [0, 0.1) is 18.3 Å². The molecule has 0 amide bonds. The third-order valence-corrected chi connectivity index (χ3v) is 9.67. The van der Waals surface area contributed by atoms with E-state index in [9.17, 15) is 10.4 Å². The number of aliphatic hydroxyl groups excluding tert-OH is 1. The van der Waals surface area contributed by atoms with E-state index in [4.69, 9.17) is 14.7 Å². The summed E-state index contributed by atoms with van der Waals surface area (Å²) in [5.41, 5.74) is 5.72. The summed E-state index contributed by atoms with van der Waals surface area (Å²) >= 11 is 0. The number of piperazine rings is 1. The van der Waals surface area contributed by atoms with Crippen LogP contribution in [0.2, 0.25) is 0 Å². The lowest BCUT2D eigenvalue weighted by molar-refractivity contribution is 0.186.